The van der Waals surface area contributed by atoms with Crippen molar-refractivity contribution in [3.63, 3.8) is 0 Å². The second kappa shape index (κ2) is 7.04. The molecule has 2 amide bonds. The first-order chi connectivity index (χ1) is 10.1. The Morgan fingerprint density at radius 3 is 2.67 bits per heavy atom. The molecule has 1 aromatic heterocycles. The third-order valence-electron chi connectivity index (χ3n) is 2.78. The lowest BCUT2D eigenvalue weighted by Gasteiger charge is -2.10. The first kappa shape index (κ1) is 14.5. The van der Waals surface area contributed by atoms with Gasteiger partial charge < -0.3 is 15.7 Å². The zero-order valence-corrected chi connectivity index (χ0v) is 11.2. The van der Waals surface area contributed by atoms with Crippen molar-refractivity contribution in [2.45, 2.75) is 13.0 Å². The summed E-state index contributed by atoms with van der Waals surface area (Å²) < 4.78 is 0. The van der Waals surface area contributed by atoms with Crippen molar-refractivity contribution in [2.75, 3.05) is 5.32 Å². The summed E-state index contributed by atoms with van der Waals surface area (Å²) in [5.41, 5.74) is 1.93. The van der Waals surface area contributed by atoms with Gasteiger partial charge >= 0.3 is 12.0 Å². The highest BCUT2D eigenvalue weighted by Crippen LogP contribution is 2.15. The van der Waals surface area contributed by atoms with E-state index in [1.807, 2.05) is 6.07 Å². The number of anilines is 1. The minimum Gasteiger partial charge on any atom is -0.481 e. The Morgan fingerprint density at radius 1 is 1.14 bits per heavy atom. The molecule has 0 aliphatic carbocycles. The summed E-state index contributed by atoms with van der Waals surface area (Å²) in [4.78, 5) is 26.6. The van der Waals surface area contributed by atoms with Gasteiger partial charge in [-0.1, -0.05) is 24.3 Å². The molecule has 21 heavy (non-hydrogen) atoms. The second-order valence-electron chi connectivity index (χ2n) is 4.40. The van der Waals surface area contributed by atoms with Gasteiger partial charge in [0.1, 0.15) is 0 Å². The molecule has 0 saturated heterocycles. The summed E-state index contributed by atoms with van der Waals surface area (Å²) in [6.07, 6.45) is 3.18. The summed E-state index contributed by atoms with van der Waals surface area (Å²) in [7, 11) is 0. The SMILES string of the molecule is O=C(O)Cc1ccccc1NC(=O)NCc1cccnc1. The van der Waals surface area contributed by atoms with Crippen molar-refractivity contribution in [3.05, 3.63) is 59.9 Å². The molecular formula is C15H15N3O3. The summed E-state index contributed by atoms with van der Waals surface area (Å²) in [6, 6.07) is 10.1. The van der Waals surface area contributed by atoms with Crippen molar-refractivity contribution in [1.82, 2.24) is 10.3 Å². The Kier molecular flexibility index (Phi) is 4.87. The average molecular weight is 285 g/mol. The molecule has 0 saturated carbocycles. The van der Waals surface area contributed by atoms with Gasteiger partial charge in [0.25, 0.3) is 0 Å². The Labute approximate surface area is 121 Å². The van der Waals surface area contributed by atoms with E-state index >= 15 is 0 Å². The highest BCUT2D eigenvalue weighted by atomic mass is 16.4. The Morgan fingerprint density at radius 2 is 1.95 bits per heavy atom. The first-order valence-electron chi connectivity index (χ1n) is 6.38. The molecular weight excluding hydrogens is 270 g/mol. The van der Waals surface area contributed by atoms with Crippen molar-refractivity contribution < 1.29 is 14.7 Å². The monoisotopic (exact) mass is 285 g/mol. The number of para-hydroxylation sites is 1. The summed E-state index contributed by atoms with van der Waals surface area (Å²) in [6.45, 7) is 0.348. The third-order valence-corrected chi connectivity index (χ3v) is 2.78. The van der Waals surface area contributed by atoms with Crippen LogP contribution in [0.25, 0.3) is 0 Å². The van der Waals surface area contributed by atoms with Gasteiger partial charge in [-0.05, 0) is 23.3 Å². The molecule has 1 aromatic carbocycles. The van der Waals surface area contributed by atoms with Crippen molar-refractivity contribution >= 4 is 17.7 Å². The van der Waals surface area contributed by atoms with Gasteiger partial charge in [-0.15, -0.1) is 0 Å². The molecule has 3 N–H and O–H groups in total. The first-order valence-corrected chi connectivity index (χ1v) is 6.38. The van der Waals surface area contributed by atoms with E-state index in [0.717, 1.165) is 5.56 Å². The molecule has 108 valence electrons. The van der Waals surface area contributed by atoms with E-state index in [1.54, 1.807) is 42.7 Å². The van der Waals surface area contributed by atoms with Crippen LogP contribution in [0.5, 0.6) is 0 Å². The highest BCUT2D eigenvalue weighted by molar-refractivity contribution is 5.90. The molecule has 0 aliphatic rings. The van der Waals surface area contributed by atoms with Crippen molar-refractivity contribution in [2.24, 2.45) is 0 Å². The topological polar surface area (TPSA) is 91.3 Å². The van der Waals surface area contributed by atoms with Gasteiger partial charge in [0.05, 0.1) is 6.42 Å². The van der Waals surface area contributed by atoms with Gasteiger partial charge in [0, 0.05) is 24.6 Å². The fraction of sp³-hybridized carbons (Fsp3) is 0.133. The van der Waals surface area contributed by atoms with Crippen LogP contribution in [0.2, 0.25) is 0 Å². The predicted molar refractivity (Wildman–Crippen MR) is 77.9 cm³/mol. The maximum absolute atomic E-state index is 11.8. The van der Waals surface area contributed by atoms with Crippen molar-refractivity contribution in [3.8, 4) is 0 Å². The van der Waals surface area contributed by atoms with Gasteiger partial charge in [0.2, 0.25) is 0 Å². The van der Waals surface area contributed by atoms with E-state index in [-0.39, 0.29) is 6.42 Å². The minimum atomic E-state index is -0.944. The quantitative estimate of drug-likeness (QED) is 0.784. The van der Waals surface area contributed by atoms with E-state index in [9.17, 15) is 9.59 Å². The summed E-state index contributed by atoms with van der Waals surface area (Å²) >= 11 is 0. The normalized spacial score (nSPS) is 9.90. The average Bonchev–Trinajstić information content (AvgIpc) is 2.48. The fourth-order valence-corrected chi connectivity index (χ4v) is 1.81. The molecule has 0 unspecified atom stereocenters. The van der Waals surface area contributed by atoms with Crippen LogP contribution in [-0.4, -0.2) is 22.1 Å². The number of hydrogen-bond acceptors (Lipinski definition) is 3. The number of aliphatic carboxylic acids is 1. The lowest BCUT2D eigenvalue weighted by Crippen LogP contribution is -2.28. The molecule has 0 radical (unpaired) electrons. The van der Waals surface area contributed by atoms with Gasteiger partial charge in [-0.2, -0.15) is 0 Å². The third kappa shape index (κ3) is 4.61. The number of carboxylic acid groups (broad SMARTS) is 1. The van der Waals surface area contributed by atoms with Crippen LogP contribution in [0, 0.1) is 0 Å². The van der Waals surface area contributed by atoms with E-state index in [0.29, 0.717) is 17.8 Å². The Balaban J connectivity index is 1.95. The number of hydrogen-bond donors (Lipinski definition) is 3. The van der Waals surface area contributed by atoms with Crippen LogP contribution in [0.4, 0.5) is 10.5 Å². The minimum absolute atomic E-state index is 0.140. The van der Waals surface area contributed by atoms with Gasteiger partial charge in [-0.25, -0.2) is 4.79 Å². The standard InChI is InChI=1S/C15H15N3O3/c19-14(20)8-12-5-1-2-6-13(12)18-15(21)17-10-11-4-3-7-16-9-11/h1-7,9H,8,10H2,(H,19,20)(H2,17,18,21). The number of urea groups is 1. The summed E-state index contributed by atoms with van der Waals surface area (Å²) in [5.74, 6) is -0.944. The largest absolute Gasteiger partial charge is 0.481 e. The number of benzene rings is 1. The number of nitrogens with one attached hydrogen (secondary N) is 2. The molecule has 0 aliphatic heterocycles. The lowest BCUT2D eigenvalue weighted by molar-refractivity contribution is -0.136. The number of rotatable bonds is 5. The highest BCUT2D eigenvalue weighted by Gasteiger charge is 2.08. The van der Waals surface area contributed by atoms with Gasteiger partial charge in [0.15, 0.2) is 0 Å². The number of carbonyl (C=O) groups is 2. The maximum atomic E-state index is 11.8. The van der Waals surface area contributed by atoms with Crippen LogP contribution in [0.15, 0.2) is 48.8 Å². The number of amides is 2. The Hall–Kier alpha value is -2.89. The van der Waals surface area contributed by atoms with Gasteiger partial charge in [-0.3, -0.25) is 9.78 Å². The lowest BCUT2D eigenvalue weighted by atomic mass is 10.1. The van der Waals surface area contributed by atoms with Crippen LogP contribution < -0.4 is 10.6 Å². The number of carbonyl (C=O) groups excluding carboxylic acids is 1. The fourth-order valence-electron chi connectivity index (χ4n) is 1.81. The molecule has 2 rings (SSSR count). The molecule has 0 fully saturated rings. The zero-order valence-electron chi connectivity index (χ0n) is 11.2. The molecule has 6 heteroatoms. The molecule has 2 aromatic rings. The van der Waals surface area contributed by atoms with E-state index in [4.69, 9.17) is 5.11 Å². The zero-order chi connectivity index (χ0) is 15.1. The summed E-state index contributed by atoms with van der Waals surface area (Å²) in [5, 5.41) is 14.2. The van der Waals surface area contributed by atoms with E-state index in [1.165, 1.54) is 0 Å². The molecule has 6 nitrogen and oxygen atoms in total. The van der Waals surface area contributed by atoms with Crippen LogP contribution in [0.1, 0.15) is 11.1 Å². The van der Waals surface area contributed by atoms with Crippen LogP contribution >= 0.6 is 0 Å². The maximum Gasteiger partial charge on any atom is 0.319 e. The van der Waals surface area contributed by atoms with E-state index < -0.39 is 12.0 Å². The predicted octanol–water partition coefficient (Wildman–Crippen LogP) is 2.03. The van der Waals surface area contributed by atoms with E-state index in [2.05, 4.69) is 15.6 Å². The molecule has 0 bridgehead atoms. The number of carboxylic acids is 1. The van der Waals surface area contributed by atoms with Crippen molar-refractivity contribution in [1.29, 1.82) is 0 Å². The second-order valence-corrected chi connectivity index (χ2v) is 4.40. The molecule has 0 spiro atoms. The van der Waals surface area contributed by atoms with Crippen LogP contribution in [-0.2, 0) is 17.8 Å². The number of pyridine rings is 1. The number of nitrogens with zero attached hydrogens (tertiary/aromatic N) is 1. The van der Waals surface area contributed by atoms with Crippen LogP contribution in [0.3, 0.4) is 0 Å². The number of aromatic nitrogens is 1. The molecule has 1 heterocycles. The smallest absolute Gasteiger partial charge is 0.319 e. The molecule has 0 atom stereocenters. The Bertz CT molecular complexity index is 629.